The first-order valence-electron chi connectivity index (χ1n) is 10.3. The lowest BCUT2D eigenvalue weighted by atomic mass is 10.0. The van der Waals surface area contributed by atoms with E-state index in [0.29, 0.717) is 12.5 Å². The van der Waals surface area contributed by atoms with Gasteiger partial charge in [0.2, 0.25) is 0 Å². The number of carbonyl (C=O) groups excluding carboxylic acids is 1. The number of pyridine rings is 1. The molecule has 29 heavy (non-hydrogen) atoms. The van der Waals surface area contributed by atoms with Gasteiger partial charge in [0.1, 0.15) is 0 Å². The number of aromatic nitrogens is 3. The van der Waals surface area contributed by atoms with Crippen LogP contribution in [-0.4, -0.2) is 32.1 Å². The van der Waals surface area contributed by atoms with Crippen LogP contribution in [0.25, 0.3) is 11.0 Å². The summed E-state index contributed by atoms with van der Waals surface area (Å²) in [6, 6.07) is 10.1. The molecular formula is C23H27BrN4O. The fourth-order valence-corrected chi connectivity index (χ4v) is 4.69. The van der Waals surface area contributed by atoms with Crippen LogP contribution < -0.4 is 0 Å². The standard InChI is InChI=1S/C23H27BrN4O/c1-5-12-28(15(3)17-8-6-7-9-19(17)24)23(29)18-13-20(16-10-11-16)25-22-21(18)14(2)26-27(22)4/h6-9,13,15-16H,5,10-12H2,1-4H3. The lowest BCUT2D eigenvalue weighted by Crippen LogP contribution is -2.34. The molecule has 0 aliphatic heterocycles. The molecule has 1 atom stereocenters. The van der Waals surface area contributed by atoms with Crippen LogP contribution in [0.15, 0.2) is 34.8 Å². The van der Waals surface area contributed by atoms with E-state index in [1.807, 2.05) is 43.1 Å². The van der Waals surface area contributed by atoms with E-state index in [1.165, 1.54) is 0 Å². The number of nitrogens with zero attached hydrogens (tertiary/aromatic N) is 4. The van der Waals surface area contributed by atoms with Crippen LogP contribution in [0.5, 0.6) is 0 Å². The van der Waals surface area contributed by atoms with E-state index in [-0.39, 0.29) is 11.9 Å². The number of fused-ring (bicyclic) bond motifs is 1. The molecule has 4 rings (SSSR count). The highest BCUT2D eigenvalue weighted by Crippen LogP contribution is 2.41. The molecule has 1 aliphatic carbocycles. The molecule has 1 unspecified atom stereocenters. The molecule has 152 valence electrons. The molecule has 5 nitrogen and oxygen atoms in total. The summed E-state index contributed by atoms with van der Waals surface area (Å²) in [5.74, 6) is 0.530. The number of rotatable bonds is 6. The third-order valence-electron chi connectivity index (χ3n) is 5.76. The molecule has 0 N–H and O–H groups in total. The Balaban J connectivity index is 1.82. The predicted molar refractivity (Wildman–Crippen MR) is 119 cm³/mol. The van der Waals surface area contributed by atoms with Gasteiger partial charge in [-0.2, -0.15) is 5.10 Å². The Labute approximate surface area is 180 Å². The Kier molecular flexibility index (Phi) is 5.47. The second-order valence-electron chi connectivity index (χ2n) is 7.97. The van der Waals surface area contributed by atoms with Gasteiger partial charge in [0.25, 0.3) is 5.91 Å². The third kappa shape index (κ3) is 3.70. The molecule has 3 aromatic rings. The number of halogens is 1. The van der Waals surface area contributed by atoms with Crippen LogP contribution in [0.2, 0.25) is 0 Å². The number of benzene rings is 1. The van der Waals surface area contributed by atoms with Gasteiger partial charge in [-0.25, -0.2) is 4.98 Å². The molecule has 2 heterocycles. The van der Waals surface area contributed by atoms with Gasteiger partial charge in [-0.15, -0.1) is 0 Å². The highest BCUT2D eigenvalue weighted by Gasteiger charge is 2.31. The van der Waals surface area contributed by atoms with Gasteiger partial charge < -0.3 is 4.90 Å². The summed E-state index contributed by atoms with van der Waals surface area (Å²) >= 11 is 3.65. The van der Waals surface area contributed by atoms with E-state index in [0.717, 1.165) is 57.3 Å². The first-order chi connectivity index (χ1) is 13.9. The van der Waals surface area contributed by atoms with Crippen molar-refractivity contribution >= 4 is 32.9 Å². The van der Waals surface area contributed by atoms with Crippen molar-refractivity contribution in [3.8, 4) is 0 Å². The summed E-state index contributed by atoms with van der Waals surface area (Å²) in [5.41, 5.74) is 4.53. The Morgan fingerprint density at radius 2 is 2.07 bits per heavy atom. The average Bonchev–Trinajstić information content (AvgIpc) is 3.51. The summed E-state index contributed by atoms with van der Waals surface area (Å²) in [5, 5.41) is 5.43. The lowest BCUT2D eigenvalue weighted by molar-refractivity contribution is 0.0692. The molecule has 0 radical (unpaired) electrons. The van der Waals surface area contributed by atoms with Crippen molar-refractivity contribution in [3.05, 3.63) is 57.3 Å². The molecule has 1 amide bonds. The second kappa shape index (κ2) is 7.90. The van der Waals surface area contributed by atoms with E-state index >= 15 is 0 Å². The van der Waals surface area contributed by atoms with Gasteiger partial charge in [0.15, 0.2) is 5.65 Å². The zero-order valence-electron chi connectivity index (χ0n) is 17.4. The fraction of sp³-hybridized carbons (Fsp3) is 0.435. The highest BCUT2D eigenvalue weighted by atomic mass is 79.9. The summed E-state index contributed by atoms with van der Waals surface area (Å²) in [6.07, 6.45) is 3.19. The molecule has 6 heteroatoms. The Morgan fingerprint density at radius 3 is 2.72 bits per heavy atom. The molecule has 0 saturated heterocycles. The van der Waals surface area contributed by atoms with E-state index in [2.05, 4.69) is 40.9 Å². The lowest BCUT2D eigenvalue weighted by Gasteiger charge is -2.30. The van der Waals surface area contributed by atoms with Gasteiger partial charge in [-0.05, 0) is 50.8 Å². The van der Waals surface area contributed by atoms with Crippen LogP contribution in [0.1, 0.15) is 72.4 Å². The minimum Gasteiger partial charge on any atom is -0.332 e. The monoisotopic (exact) mass is 454 g/mol. The van der Waals surface area contributed by atoms with Gasteiger partial charge in [-0.1, -0.05) is 41.1 Å². The summed E-state index contributed by atoms with van der Waals surface area (Å²) in [7, 11) is 1.90. The van der Waals surface area contributed by atoms with Crippen molar-refractivity contribution in [3.63, 3.8) is 0 Å². The zero-order valence-corrected chi connectivity index (χ0v) is 19.0. The number of hydrogen-bond donors (Lipinski definition) is 0. The Hall–Kier alpha value is -2.21. The second-order valence-corrected chi connectivity index (χ2v) is 8.83. The van der Waals surface area contributed by atoms with Crippen molar-refractivity contribution in [2.24, 2.45) is 7.05 Å². The predicted octanol–water partition coefficient (Wildman–Crippen LogP) is 5.53. The van der Waals surface area contributed by atoms with Crippen LogP contribution >= 0.6 is 15.9 Å². The number of aryl methyl sites for hydroxylation is 2. The molecule has 0 bridgehead atoms. The normalized spacial score (nSPS) is 14.9. The first kappa shape index (κ1) is 20.1. The maximum atomic E-state index is 13.9. The molecule has 0 spiro atoms. The average molecular weight is 455 g/mol. The quantitative estimate of drug-likeness (QED) is 0.491. The zero-order chi connectivity index (χ0) is 20.7. The minimum atomic E-state index is -0.0393. The number of hydrogen-bond acceptors (Lipinski definition) is 3. The molecular weight excluding hydrogens is 428 g/mol. The van der Waals surface area contributed by atoms with Crippen LogP contribution in [0.4, 0.5) is 0 Å². The Morgan fingerprint density at radius 1 is 1.34 bits per heavy atom. The molecule has 1 saturated carbocycles. The first-order valence-corrected chi connectivity index (χ1v) is 11.1. The fourth-order valence-electron chi connectivity index (χ4n) is 4.07. The largest absolute Gasteiger partial charge is 0.332 e. The van der Waals surface area contributed by atoms with Gasteiger partial charge in [0.05, 0.1) is 22.7 Å². The van der Waals surface area contributed by atoms with Crippen molar-refractivity contribution < 1.29 is 4.79 Å². The number of carbonyl (C=O) groups is 1. The van der Waals surface area contributed by atoms with E-state index in [9.17, 15) is 4.79 Å². The van der Waals surface area contributed by atoms with Crippen molar-refractivity contribution in [2.75, 3.05) is 6.54 Å². The van der Waals surface area contributed by atoms with E-state index in [4.69, 9.17) is 4.98 Å². The molecule has 1 aromatic carbocycles. The van der Waals surface area contributed by atoms with Crippen LogP contribution in [0, 0.1) is 6.92 Å². The number of amides is 1. The van der Waals surface area contributed by atoms with Gasteiger partial charge in [-0.3, -0.25) is 9.48 Å². The van der Waals surface area contributed by atoms with Crippen LogP contribution in [-0.2, 0) is 7.05 Å². The third-order valence-corrected chi connectivity index (χ3v) is 6.48. The van der Waals surface area contributed by atoms with Crippen molar-refractivity contribution in [1.29, 1.82) is 0 Å². The summed E-state index contributed by atoms with van der Waals surface area (Å²) < 4.78 is 2.83. The van der Waals surface area contributed by atoms with E-state index < -0.39 is 0 Å². The molecule has 1 aliphatic rings. The van der Waals surface area contributed by atoms with Crippen molar-refractivity contribution in [1.82, 2.24) is 19.7 Å². The van der Waals surface area contributed by atoms with Gasteiger partial charge in [0, 0.05) is 29.7 Å². The SMILES string of the molecule is CCCN(C(=O)c1cc(C2CC2)nc2c1c(C)nn2C)C(C)c1ccccc1Br. The summed E-state index contributed by atoms with van der Waals surface area (Å²) in [6.45, 7) is 6.87. The maximum absolute atomic E-state index is 13.9. The van der Waals surface area contributed by atoms with E-state index in [1.54, 1.807) is 4.68 Å². The summed E-state index contributed by atoms with van der Waals surface area (Å²) in [4.78, 5) is 20.7. The smallest absolute Gasteiger partial charge is 0.255 e. The van der Waals surface area contributed by atoms with Crippen molar-refractivity contribution in [2.45, 2.75) is 52.0 Å². The van der Waals surface area contributed by atoms with Gasteiger partial charge >= 0.3 is 0 Å². The Bertz CT molecular complexity index is 1070. The van der Waals surface area contributed by atoms with Crippen LogP contribution in [0.3, 0.4) is 0 Å². The topological polar surface area (TPSA) is 51.0 Å². The minimum absolute atomic E-state index is 0.0393. The highest BCUT2D eigenvalue weighted by molar-refractivity contribution is 9.10. The maximum Gasteiger partial charge on any atom is 0.255 e. The molecule has 2 aromatic heterocycles. The molecule has 1 fully saturated rings.